The fourth-order valence-corrected chi connectivity index (χ4v) is 17.8. The monoisotopic (exact) mass is 455 g/mol. The first-order valence-corrected chi connectivity index (χ1v) is 16.3. The van der Waals surface area contributed by atoms with Crippen LogP contribution in [0, 0.1) is 0 Å². The molecule has 0 spiro atoms. The number of alkyl halides is 3. The van der Waals surface area contributed by atoms with Crippen LogP contribution < -0.4 is 8.45 Å². The molecule has 1 rings (SSSR count). The van der Waals surface area contributed by atoms with Crippen LogP contribution in [-0.2, 0) is 0 Å². The van der Waals surface area contributed by atoms with Crippen molar-refractivity contribution in [3.05, 3.63) is 6.20 Å². The Hall–Kier alpha value is -0.601. The van der Waals surface area contributed by atoms with Crippen molar-refractivity contribution in [2.45, 2.75) is 79.0 Å². The summed E-state index contributed by atoms with van der Waals surface area (Å²) in [7, 11) is 0. The molecule has 0 fully saturated rings. The van der Waals surface area contributed by atoms with Crippen LogP contribution in [0.3, 0.4) is 0 Å². The summed E-state index contributed by atoms with van der Waals surface area (Å²) < 4.78 is 44.9. The molecule has 0 aromatic carbocycles. The zero-order valence-corrected chi connectivity index (χ0v) is 17.7. The fourth-order valence-electron chi connectivity index (χ4n) is 2.96. The molecule has 0 aliphatic rings. The van der Waals surface area contributed by atoms with Crippen LogP contribution in [0.1, 0.15) is 59.3 Å². The maximum atomic E-state index is 12.3. The molecule has 0 aliphatic carbocycles. The molecule has 0 amide bonds. The topological polar surface area (TPSA) is 47.9 Å². The zero-order valence-electron chi connectivity index (χ0n) is 14.8. The molecule has 4 nitrogen and oxygen atoms in total. The Kier molecular flexibility index (Phi) is 9.29. The van der Waals surface area contributed by atoms with Crippen LogP contribution in [0.25, 0.3) is 0 Å². The third kappa shape index (κ3) is 7.11. The second-order valence-corrected chi connectivity index (χ2v) is 19.3. The summed E-state index contributed by atoms with van der Waals surface area (Å²) in [5.74, 6) is 0. The van der Waals surface area contributed by atoms with Gasteiger partial charge in [0.25, 0.3) is 0 Å². The van der Waals surface area contributed by atoms with Gasteiger partial charge in [-0.1, -0.05) is 0 Å². The van der Waals surface area contributed by atoms with Gasteiger partial charge >= 0.3 is 146 Å². The normalized spacial score (nSPS) is 12.4. The molecule has 1 aromatic rings. The molecule has 0 bridgehead atoms. The fraction of sp³-hybridized carbons (Fsp3) is 0.812. The van der Waals surface area contributed by atoms with Gasteiger partial charge in [0, 0.05) is 0 Å². The molecule has 0 atom stereocenters. The molecule has 0 radical (unpaired) electrons. The van der Waals surface area contributed by atoms with Crippen molar-refractivity contribution >= 4 is 22.1 Å². The number of unbranched alkanes of at least 4 members (excludes halogenated alkanes) is 3. The van der Waals surface area contributed by atoms with Gasteiger partial charge < -0.3 is 0 Å². The number of rotatable bonds is 11. The van der Waals surface area contributed by atoms with E-state index in [2.05, 4.69) is 40.7 Å². The Morgan fingerprint density at radius 3 is 1.75 bits per heavy atom. The second kappa shape index (κ2) is 10.4. The molecule has 0 unspecified atom stereocenters. The maximum absolute atomic E-state index is 12.3. The van der Waals surface area contributed by atoms with Crippen LogP contribution in [-0.4, -0.2) is 39.9 Å². The standard InChI is InChI=1S/C4HF3N3O.3C4H9.Sn/c5-4(6,7)11-3-8-1-2-9-10-3;3*1-3-4-2;/h1H;3*1,3-4H2,2H3;. The molecule has 1 heterocycles. The van der Waals surface area contributed by atoms with E-state index >= 15 is 0 Å². The van der Waals surface area contributed by atoms with E-state index in [9.17, 15) is 13.2 Å². The SMILES string of the molecule is CCC[CH2][Sn]([CH2]CCC)([CH2]CCC)[c]1cnc(OC(F)(F)F)nn1. The van der Waals surface area contributed by atoms with Crippen LogP contribution in [0.5, 0.6) is 6.01 Å². The number of hydrogen-bond acceptors (Lipinski definition) is 4. The second-order valence-electron chi connectivity index (χ2n) is 6.26. The molecule has 8 heteroatoms. The van der Waals surface area contributed by atoms with Crippen LogP contribution in [0.15, 0.2) is 6.20 Å². The number of ether oxygens (including phenoxy) is 1. The van der Waals surface area contributed by atoms with Gasteiger partial charge in [0.15, 0.2) is 0 Å². The van der Waals surface area contributed by atoms with E-state index in [4.69, 9.17) is 0 Å². The van der Waals surface area contributed by atoms with Gasteiger partial charge in [0.2, 0.25) is 0 Å². The van der Waals surface area contributed by atoms with Gasteiger partial charge in [-0.15, -0.1) is 0 Å². The minimum atomic E-state index is -4.78. The summed E-state index contributed by atoms with van der Waals surface area (Å²) in [6, 6.07) is -0.715. The van der Waals surface area contributed by atoms with Gasteiger partial charge in [0.05, 0.1) is 0 Å². The Labute approximate surface area is 146 Å². The first kappa shape index (κ1) is 21.4. The van der Waals surface area contributed by atoms with Crippen molar-refractivity contribution in [2.75, 3.05) is 0 Å². The third-order valence-corrected chi connectivity index (χ3v) is 19.3. The van der Waals surface area contributed by atoms with E-state index in [1.807, 2.05) is 0 Å². The molecular formula is C16H28F3N3OSn. The van der Waals surface area contributed by atoms with Crippen molar-refractivity contribution in [2.24, 2.45) is 0 Å². The van der Waals surface area contributed by atoms with Crippen LogP contribution in [0.4, 0.5) is 13.2 Å². The van der Waals surface area contributed by atoms with Crippen molar-refractivity contribution < 1.29 is 17.9 Å². The van der Waals surface area contributed by atoms with Crippen molar-refractivity contribution in [3.8, 4) is 6.01 Å². The summed E-state index contributed by atoms with van der Waals surface area (Å²) in [6.45, 7) is 6.50. The van der Waals surface area contributed by atoms with Crippen molar-refractivity contribution in [3.63, 3.8) is 0 Å². The van der Waals surface area contributed by atoms with Gasteiger partial charge in [-0.3, -0.25) is 0 Å². The summed E-state index contributed by atoms with van der Waals surface area (Å²) in [4.78, 5) is 3.79. The molecule has 24 heavy (non-hydrogen) atoms. The molecule has 0 N–H and O–H groups in total. The summed E-state index contributed by atoms with van der Waals surface area (Å²) in [6.07, 6.45) is 3.51. The van der Waals surface area contributed by atoms with E-state index in [-0.39, 0.29) is 0 Å². The average Bonchev–Trinajstić information content (AvgIpc) is 2.54. The van der Waals surface area contributed by atoms with Crippen molar-refractivity contribution in [1.29, 1.82) is 0 Å². The van der Waals surface area contributed by atoms with Crippen LogP contribution >= 0.6 is 0 Å². The molecule has 0 saturated heterocycles. The Bertz CT molecular complexity index is 447. The third-order valence-electron chi connectivity index (χ3n) is 4.32. The molecule has 1 aromatic heterocycles. The van der Waals surface area contributed by atoms with Gasteiger partial charge in [0.1, 0.15) is 0 Å². The van der Waals surface area contributed by atoms with E-state index in [0.717, 1.165) is 42.2 Å². The average molecular weight is 454 g/mol. The van der Waals surface area contributed by atoms with Gasteiger partial charge in [-0.05, 0) is 0 Å². The summed E-state index contributed by atoms with van der Waals surface area (Å²) in [5, 5.41) is 7.75. The minimum absolute atomic E-state index is 0.715. The predicted molar refractivity (Wildman–Crippen MR) is 91.0 cm³/mol. The number of nitrogens with zero attached hydrogens (tertiary/aromatic N) is 3. The first-order valence-electron chi connectivity index (χ1n) is 8.82. The number of hydrogen-bond donors (Lipinski definition) is 0. The Morgan fingerprint density at radius 2 is 1.42 bits per heavy atom. The van der Waals surface area contributed by atoms with Gasteiger partial charge in [-0.2, -0.15) is 0 Å². The van der Waals surface area contributed by atoms with E-state index in [1.165, 1.54) is 19.5 Å². The predicted octanol–water partition coefficient (Wildman–Crippen LogP) is 4.83. The van der Waals surface area contributed by atoms with E-state index < -0.39 is 30.7 Å². The molecular weight excluding hydrogens is 426 g/mol. The van der Waals surface area contributed by atoms with Crippen LogP contribution in [0.2, 0.25) is 13.3 Å². The van der Waals surface area contributed by atoms with Gasteiger partial charge in [-0.25, -0.2) is 0 Å². The zero-order chi connectivity index (χ0) is 18.1. The Morgan fingerprint density at radius 1 is 0.917 bits per heavy atom. The van der Waals surface area contributed by atoms with Crippen molar-refractivity contribution in [1.82, 2.24) is 15.2 Å². The Balaban J connectivity index is 3.05. The molecule has 138 valence electrons. The number of halogens is 3. The molecule has 0 saturated carbocycles. The summed E-state index contributed by atoms with van der Waals surface area (Å²) in [5.41, 5.74) is 0. The first-order chi connectivity index (χ1) is 11.4. The van der Waals surface area contributed by atoms with E-state index in [0.29, 0.717) is 0 Å². The molecule has 0 aliphatic heterocycles. The number of aromatic nitrogens is 3. The summed E-state index contributed by atoms with van der Waals surface area (Å²) >= 11 is -2.78. The quantitative estimate of drug-likeness (QED) is 0.450. The van der Waals surface area contributed by atoms with E-state index in [1.54, 1.807) is 0 Å².